The number of carbonyl (C=O) groups is 1. The maximum Gasteiger partial charge on any atom is 0.220 e. The van der Waals surface area contributed by atoms with E-state index in [0.29, 0.717) is 24.9 Å². The van der Waals surface area contributed by atoms with Gasteiger partial charge >= 0.3 is 0 Å². The lowest BCUT2D eigenvalue weighted by Gasteiger charge is -2.29. The summed E-state index contributed by atoms with van der Waals surface area (Å²) in [5, 5.41) is 2.98. The summed E-state index contributed by atoms with van der Waals surface area (Å²) in [6, 6.07) is 0.642. The van der Waals surface area contributed by atoms with Crippen LogP contribution in [0.4, 0.5) is 0 Å². The highest BCUT2D eigenvalue weighted by Gasteiger charge is 2.23. The van der Waals surface area contributed by atoms with Crippen LogP contribution in [0.5, 0.6) is 0 Å². The zero-order chi connectivity index (χ0) is 13.8. The third-order valence-electron chi connectivity index (χ3n) is 3.76. The minimum absolute atomic E-state index is 0.147. The van der Waals surface area contributed by atoms with Gasteiger partial charge in [-0.2, -0.15) is 0 Å². The van der Waals surface area contributed by atoms with Crippen LogP contribution >= 0.6 is 0 Å². The second-order valence-corrected chi connectivity index (χ2v) is 5.97. The van der Waals surface area contributed by atoms with Crippen molar-refractivity contribution in [1.82, 2.24) is 14.9 Å². The van der Waals surface area contributed by atoms with Crippen molar-refractivity contribution in [3.8, 4) is 0 Å². The van der Waals surface area contributed by atoms with Crippen molar-refractivity contribution in [2.45, 2.75) is 58.9 Å². The second-order valence-electron chi connectivity index (χ2n) is 5.97. The molecule has 0 spiro atoms. The molecule has 106 valence electrons. The highest BCUT2D eigenvalue weighted by atomic mass is 16.1. The zero-order valence-corrected chi connectivity index (χ0v) is 12.3. The maximum atomic E-state index is 11.6. The number of nitrogens with zero attached hydrogens (tertiary/aromatic N) is 2. The molecule has 1 aromatic heterocycles. The lowest BCUT2D eigenvalue weighted by Crippen LogP contribution is -2.28. The Kier molecular flexibility index (Phi) is 4.61. The van der Waals surface area contributed by atoms with Crippen LogP contribution in [-0.2, 0) is 11.2 Å². The summed E-state index contributed by atoms with van der Waals surface area (Å²) in [5.41, 5.74) is 1.24. The van der Waals surface area contributed by atoms with Crippen molar-refractivity contribution in [3.63, 3.8) is 0 Å². The molecule has 0 saturated heterocycles. The number of amides is 1. The predicted octanol–water partition coefficient (Wildman–Crippen LogP) is 2.62. The second kappa shape index (κ2) is 6.22. The molecule has 0 unspecified atom stereocenters. The first kappa shape index (κ1) is 14.1. The Morgan fingerprint density at radius 2 is 2.26 bits per heavy atom. The topological polar surface area (TPSA) is 46.9 Å². The average Bonchev–Trinajstić information content (AvgIpc) is 2.58. The van der Waals surface area contributed by atoms with Crippen LogP contribution in [0, 0.1) is 12.8 Å². The fourth-order valence-electron chi connectivity index (χ4n) is 2.58. The third kappa shape index (κ3) is 3.58. The van der Waals surface area contributed by atoms with E-state index in [1.807, 2.05) is 6.20 Å². The fourth-order valence-corrected chi connectivity index (χ4v) is 2.58. The van der Waals surface area contributed by atoms with E-state index < -0.39 is 0 Å². The highest BCUT2D eigenvalue weighted by molar-refractivity contribution is 5.76. The van der Waals surface area contributed by atoms with E-state index in [0.717, 1.165) is 12.2 Å². The third-order valence-corrected chi connectivity index (χ3v) is 3.76. The van der Waals surface area contributed by atoms with Gasteiger partial charge in [-0.3, -0.25) is 4.79 Å². The van der Waals surface area contributed by atoms with Crippen molar-refractivity contribution >= 4 is 5.91 Å². The first-order valence-electron chi connectivity index (χ1n) is 7.37. The summed E-state index contributed by atoms with van der Waals surface area (Å²) in [5.74, 6) is 1.68. The standard InChI is InChI=1S/C15H25N3O/c1-11(2)9-15(19)16-8-7-14-17-10-12(3)18(14)13-5-4-6-13/h10-11,13H,4-9H2,1-3H3,(H,16,19). The molecule has 1 N–H and O–H groups in total. The summed E-state index contributed by atoms with van der Waals surface area (Å²) in [6.45, 7) is 6.93. The van der Waals surface area contributed by atoms with Crippen molar-refractivity contribution in [1.29, 1.82) is 0 Å². The molecule has 2 rings (SSSR count). The molecule has 0 bridgehead atoms. The normalized spacial score (nSPS) is 15.6. The van der Waals surface area contributed by atoms with Crippen LogP contribution in [0.1, 0.15) is 57.1 Å². The minimum Gasteiger partial charge on any atom is -0.356 e. The molecule has 1 aliphatic rings. The summed E-state index contributed by atoms with van der Waals surface area (Å²) in [6.07, 6.45) is 7.24. The van der Waals surface area contributed by atoms with E-state index in [2.05, 4.69) is 35.6 Å². The first-order chi connectivity index (χ1) is 9.08. The van der Waals surface area contributed by atoms with Crippen molar-refractivity contribution < 1.29 is 4.79 Å². The van der Waals surface area contributed by atoms with Gasteiger partial charge in [-0.1, -0.05) is 13.8 Å². The molecule has 0 aliphatic heterocycles. The molecule has 19 heavy (non-hydrogen) atoms. The lowest BCUT2D eigenvalue weighted by atomic mass is 9.92. The molecule has 1 heterocycles. The van der Waals surface area contributed by atoms with Gasteiger partial charge in [-0.05, 0) is 32.1 Å². The van der Waals surface area contributed by atoms with E-state index >= 15 is 0 Å². The number of aryl methyl sites for hydroxylation is 1. The Bertz CT molecular complexity index is 433. The monoisotopic (exact) mass is 263 g/mol. The van der Waals surface area contributed by atoms with Gasteiger partial charge in [-0.15, -0.1) is 0 Å². The Labute approximate surface area is 115 Å². The van der Waals surface area contributed by atoms with Crippen LogP contribution in [0.15, 0.2) is 6.20 Å². The lowest BCUT2D eigenvalue weighted by molar-refractivity contribution is -0.121. The molecule has 1 aromatic rings. The van der Waals surface area contributed by atoms with E-state index in [-0.39, 0.29) is 5.91 Å². The van der Waals surface area contributed by atoms with Gasteiger partial charge in [0.1, 0.15) is 5.82 Å². The quantitative estimate of drug-likeness (QED) is 0.857. The van der Waals surface area contributed by atoms with Crippen molar-refractivity contribution in [3.05, 3.63) is 17.7 Å². The molecule has 0 atom stereocenters. The molecule has 0 aromatic carbocycles. The first-order valence-corrected chi connectivity index (χ1v) is 7.37. The number of rotatable bonds is 6. The Morgan fingerprint density at radius 1 is 1.53 bits per heavy atom. The van der Waals surface area contributed by atoms with Crippen LogP contribution in [0.3, 0.4) is 0 Å². The molecular formula is C15H25N3O. The van der Waals surface area contributed by atoms with Gasteiger partial charge in [0.25, 0.3) is 0 Å². The molecule has 1 amide bonds. The zero-order valence-electron chi connectivity index (χ0n) is 12.3. The number of hydrogen-bond acceptors (Lipinski definition) is 2. The van der Waals surface area contributed by atoms with E-state index in [4.69, 9.17) is 0 Å². The number of aromatic nitrogens is 2. The minimum atomic E-state index is 0.147. The van der Waals surface area contributed by atoms with Crippen LogP contribution in [0.2, 0.25) is 0 Å². The number of carbonyl (C=O) groups excluding carboxylic acids is 1. The van der Waals surface area contributed by atoms with E-state index in [1.54, 1.807) is 0 Å². The summed E-state index contributed by atoms with van der Waals surface area (Å²) in [7, 11) is 0. The smallest absolute Gasteiger partial charge is 0.220 e. The van der Waals surface area contributed by atoms with E-state index in [1.165, 1.54) is 25.0 Å². The molecule has 0 radical (unpaired) electrons. The van der Waals surface area contributed by atoms with Gasteiger partial charge in [-0.25, -0.2) is 4.98 Å². The van der Waals surface area contributed by atoms with E-state index in [9.17, 15) is 4.79 Å². The molecule has 4 nitrogen and oxygen atoms in total. The van der Waals surface area contributed by atoms with Gasteiger partial charge in [0.05, 0.1) is 0 Å². The van der Waals surface area contributed by atoms with Gasteiger partial charge in [0, 0.05) is 37.3 Å². The Hall–Kier alpha value is -1.32. The summed E-state index contributed by atoms with van der Waals surface area (Å²) in [4.78, 5) is 16.1. The van der Waals surface area contributed by atoms with Gasteiger partial charge < -0.3 is 9.88 Å². The molecule has 4 heteroatoms. The Morgan fingerprint density at radius 3 is 2.84 bits per heavy atom. The van der Waals surface area contributed by atoms with Crippen molar-refractivity contribution in [2.75, 3.05) is 6.54 Å². The number of imidazole rings is 1. The number of nitrogens with one attached hydrogen (secondary N) is 1. The summed E-state index contributed by atoms with van der Waals surface area (Å²) < 4.78 is 2.36. The van der Waals surface area contributed by atoms with Gasteiger partial charge in [0.2, 0.25) is 5.91 Å². The molecule has 1 aliphatic carbocycles. The maximum absolute atomic E-state index is 11.6. The SMILES string of the molecule is Cc1cnc(CCNC(=O)CC(C)C)n1C1CCC1. The van der Waals surface area contributed by atoms with Crippen LogP contribution in [0.25, 0.3) is 0 Å². The number of hydrogen-bond donors (Lipinski definition) is 1. The van der Waals surface area contributed by atoms with Crippen LogP contribution < -0.4 is 5.32 Å². The van der Waals surface area contributed by atoms with Crippen LogP contribution in [-0.4, -0.2) is 22.0 Å². The molecule has 1 fully saturated rings. The van der Waals surface area contributed by atoms with Crippen molar-refractivity contribution in [2.24, 2.45) is 5.92 Å². The van der Waals surface area contributed by atoms with Gasteiger partial charge in [0.15, 0.2) is 0 Å². The predicted molar refractivity (Wildman–Crippen MR) is 76.0 cm³/mol. The largest absolute Gasteiger partial charge is 0.356 e. The fraction of sp³-hybridized carbons (Fsp3) is 0.733. The Balaban J connectivity index is 1.84. The molecule has 1 saturated carbocycles. The highest BCUT2D eigenvalue weighted by Crippen LogP contribution is 2.33. The average molecular weight is 263 g/mol. The molecular weight excluding hydrogens is 238 g/mol. The summed E-state index contributed by atoms with van der Waals surface area (Å²) >= 11 is 0.